The first-order valence-corrected chi connectivity index (χ1v) is 11.1. The van der Waals surface area contributed by atoms with Gasteiger partial charge in [-0.25, -0.2) is 9.97 Å². The zero-order chi connectivity index (χ0) is 22.8. The van der Waals surface area contributed by atoms with E-state index in [-0.39, 0.29) is 23.3 Å². The molecule has 0 atom stereocenters. The van der Waals surface area contributed by atoms with Gasteiger partial charge in [-0.2, -0.15) is 0 Å². The SMILES string of the molecule is CN(C)[C@H]1CC[C@H](C(=O)Nc2c(C(=O)Nc3ccc(Cl)cn3)oc3cc(Cl)cnc23)CC1. The Labute approximate surface area is 195 Å². The van der Waals surface area contributed by atoms with E-state index >= 15 is 0 Å². The number of nitrogens with zero attached hydrogens (tertiary/aromatic N) is 3. The summed E-state index contributed by atoms with van der Waals surface area (Å²) in [6.07, 6.45) is 6.31. The molecule has 10 heteroatoms. The summed E-state index contributed by atoms with van der Waals surface area (Å²) < 4.78 is 5.74. The third kappa shape index (κ3) is 4.87. The van der Waals surface area contributed by atoms with Crippen LogP contribution in [0.1, 0.15) is 36.2 Å². The van der Waals surface area contributed by atoms with E-state index in [0.717, 1.165) is 25.7 Å². The first-order chi connectivity index (χ1) is 15.3. The Kier molecular flexibility index (Phi) is 6.64. The largest absolute Gasteiger partial charge is 0.447 e. The first kappa shape index (κ1) is 22.5. The second-order valence-electron chi connectivity index (χ2n) is 8.08. The third-order valence-electron chi connectivity index (χ3n) is 5.72. The molecule has 1 aliphatic rings. The van der Waals surface area contributed by atoms with Crippen LogP contribution >= 0.6 is 23.2 Å². The second-order valence-corrected chi connectivity index (χ2v) is 8.95. The zero-order valence-corrected chi connectivity index (χ0v) is 19.2. The number of halogens is 2. The lowest BCUT2D eigenvalue weighted by atomic mass is 9.85. The second kappa shape index (κ2) is 9.44. The van der Waals surface area contributed by atoms with Crippen molar-refractivity contribution < 1.29 is 14.0 Å². The molecule has 2 N–H and O–H groups in total. The lowest BCUT2D eigenvalue weighted by molar-refractivity contribution is -0.121. The Balaban J connectivity index is 1.59. The average molecular weight is 476 g/mol. The minimum atomic E-state index is -0.569. The molecule has 4 rings (SSSR count). The van der Waals surface area contributed by atoms with Crippen LogP contribution in [0.15, 0.2) is 35.0 Å². The number of amides is 2. The maximum Gasteiger partial charge on any atom is 0.294 e. The van der Waals surface area contributed by atoms with Crippen LogP contribution in [-0.4, -0.2) is 46.8 Å². The van der Waals surface area contributed by atoms with Gasteiger partial charge in [-0.3, -0.25) is 9.59 Å². The summed E-state index contributed by atoms with van der Waals surface area (Å²) in [5.41, 5.74) is 0.889. The number of rotatable bonds is 5. The molecule has 3 aromatic heterocycles. The van der Waals surface area contributed by atoms with Gasteiger partial charge < -0.3 is 20.0 Å². The lowest BCUT2D eigenvalue weighted by Gasteiger charge is -2.31. The van der Waals surface area contributed by atoms with Crippen LogP contribution in [-0.2, 0) is 4.79 Å². The Bertz CT molecular complexity index is 1140. The highest BCUT2D eigenvalue weighted by molar-refractivity contribution is 6.31. The number of nitrogens with one attached hydrogen (secondary N) is 2. The fraction of sp³-hybridized carbons (Fsp3) is 0.364. The monoisotopic (exact) mass is 475 g/mol. The van der Waals surface area contributed by atoms with Gasteiger partial charge in [-0.1, -0.05) is 23.2 Å². The third-order valence-corrected chi connectivity index (χ3v) is 6.15. The number of anilines is 2. The van der Waals surface area contributed by atoms with Gasteiger partial charge >= 0.3 is 0 Å². The first-order valence-electron chi connectivity index (χ1n) is 10.3. The van der Waals surface area contributed by atoms with Gasteiger partial charge in [0.25, 0.3) is 5.91 Å². The maximum absolute atomic E-state index is 13.0. The van der Waals surface area contributed by atoms with Crippen molar-refractivity contribution in [1.82, 2.24) is 14.9 Å². The number of fused-ring (bicyclic) bond motifs is 1. The lowest BCUT2D eigenvalue weighted by Crippen LogP contribution is -2.35. The van der Waals surface area contributed by atoms with E-state index in [1.807, 2.05) is 0 Å². The molecule has 0 radical (unpaired) electrons. The summed E-state index contributed by atoms with van der Waals surface area (Å²) in [5.74, 6) is -0.634. The molecule has 2 amide bonds. The predicted octanol–water partition coefficient (Wildman–Crippen LogP) is 4.84. The Hall–Kier alpha value is -2.68. The fourth-order valence-corrected chi connectivity index (χ4v) is 4.19. The number of pyridine rings is 2. The van der Waals surface area contributed by atoms with Crippen LogP contribution in [0.5, 0.6) is 0 Å². The molecule has 8 nitrogen and oxygen atoms in total. The Morgan fingerprint density at radius 1 is 1.03 bits per heavy atom. The average Bonchev–Trinajstić information content (AvgIpc) is 3.12. The van der Waals surface area contributed by atoms with E-state index in [0.29, 0.717) is 33.0 Å². The van der Waals surface area contributed by atoms with Crippen molar-refractivity contribution in [3.05, 3.63) is 46.4 Å². The van der Waals surface area contributed by atoms with Crippen LogP contribution < -0.4 is 10.6 Å². The topological polar surface area (TPSA) is 100 Å². The van der Waals surface area contributed by atoms with Crippen molar-refractivity contribution in [1.29, 1.82) is 0 Å². The van der Waals surface area contributed by atoms with Crippen LogP contribution in [0.2, 0.25) is 10.0 Å². The molecule has 0 unspecified atom stereocenters. The van der Waals surface area contributed by atoms with Crippen molar-refractivity contribution in [3.8, 4) is 0 Å². The number of aromatic nitrogens is 2. The Morgan fingerprint density at radius 2 is 1.75 bits per heavy atom. The van der Waals surface area contributed by atoms with Crippen LogP contribution in [0, 0.1) is 5.92 Å². The van der Waals surface area contributed by atoms with Crippen LogP contribution in [0.3, 0.4) is 0 Å². The summed E-state index contributed by atoms with van der Waals surface area (Å²) >= 11 is 11.9. The molecular formula is C22H23Cl2N5O3. The summed E-state index contributed by atoms with van der Waals surface area (Å²) in [6, 6.07) is 5.21. The molecule has 1 fully saturated rings. The van der Waals surface area contributed by atoms with Gasteiger partial charge in [0.05, 0.1) is 10.0 Å². The van der Waals surface area contributed by atoms with Crippen molar-refractivity contribution in [3.63, 3.8) is 0 Å². The summed E-state index contributed by atoms with van der Waals surface area (Å²) in [4.78, 5) is 36.5. The van der Waals surface area contributed by atoms with E-state index in [1.54, 1.807) is 18.2 Å². The minimum Gasteiger partial charge on any atom is -0.447 e. The number of hydrogen-bond donors (Lipinski definition) is 2. The molecule has 168 valence electrons. The van der Waals surface area contributed by atoms with E-state index in [2.05, 4.69) is 39.6 Å². The zero-order valence-electron chi connectivity index (χ0n) is 17.7. The summed E-state index contributed by atoms with van der Waals surface area (Å²) in [6.45, 7) is 0. The minimum absolute atomic E-state index is 0.0677. The van der Waals surface area contributed by atoms with E-state index in [1.165, 1.54) is 12.4 Å². The molecule has 32 heavy (non-hydrogen) atoms. The molecule has 0 spiro atoms. The van der Waals surface area contributed by atoms with E-state index in [4.69, 9.17) is 27.6 Å². The van der Waals surface area contributed by atoms with Crippen molar-refractivity contribution >= 4 is 57.6 Å². The van der Waals surface area contributed by atoms with Gasteiger partial charge in [0.1, 0.15) is 17.0 Å². The van der Waals surface area contributed by atoms with E-state index < -0.39 is 5.91 Å². The van der Waals surface area contributed by atoms with Gasteiger partial charge in [0.15, 0.2) is 5.58 Å². The number of carbonyl (C=O) groups is 2. The number of furan rings is 1. The van der Waals surface area contributed by atoms with Crippen molar-refractivity contribution in [2.45, 2.75) is 31.7 Å². The highest BCUT2D eigenvalue weighted by Gasteiger charge is 2.30. The predicted molar refractivity (Wildman–Crippen MR) is 124 cm³/mol. The highest BCUT2D eigenvalue weighted by atomic mass is 35.5. The molecule has 3 aromatic rings. The van der Waals surface area contributed by atoms with Crippen molar-refractivity contribution in [2.75, 3.05) is 24.7 Å². The number of hydrogen-bond acceptors (Lipinski definition) is 6. The smallest absolute Gasteiger partial charge is 0.294 e. The quantitative estimate of drug-likeness (QED) is 0.547. The van der Waals surface area contributed by atoms with E-state index in [9.17, 15) is 9.59 Å². The molecule has 0 aliphatic heterocycles. The molecule has 0 bridgehead atoms. The summed E-state index contributed by atoms with van der Waals surface area (Å²) in [5, 5.41) is 6.35. The normalized spacial score (nSPS) is 18.7. The van der Waals surface area contributed by atoms with Gasteiger partial charge in [-0.05, 0) is 51.9 Å². The van der Waals surface area contributed by atoms with Crippen molar-refractivity contribution in [2.24, 2.45) is 5.92 Å². The van der Waals surface area contributed by atoms with Crippen LogP contribution in [0.4, 0.5) is 11.5 Å². The van der Waals surface area contributed by atoms with Gasteiger partial charge in [0.2, 0.25) is 11.7 Å². The fourth-order valence-electron chi connectivity index (χ4n) is 3.93. The molecule has 0 saturated heterocycles. The highest BCUT2D eigenvalue weighted by Crippen LogP contribution is 2.33. The van der Waals surface area contributed by atoms with Gasteiger partial charge in [-0.15, -0.1) is 0 Å². The molecular weight excluding hydrogens is 453 g/mol. The van der Waals surface area contributed by atoms with Crippen LogP contribution in [0.25, 0.3) is 11.1 Å². The molecule has 3 heterocycles. The molecule has 1 saturated carbocycles. The Morgan fingerprint density at radius 3 is 2.41 bits per heavy atom. The molecule has 0 aromatic carbocycles. The maximum atomic E-state index is 13.0. The standard InChI is InChI=1S/C22H23Cl2N5O3/c1-29(2)15-6-3-12(4-7-15)21(30)28-19-18-16(9-14(24)11-26-18)32-20(19)22(31)27-17-8-5-13(23)10-25-17/h5,8-12,15H,3-4,6-7H2,1-2H3,(H,28,30)(H,25,27,31)/t12-,15-. The number of carbonyl (C=O) groups excluding carboxylic acids is 2. The summed E-state index contributed by atoms with van der Waals surface area (Å²) in [7, 11) is 4.11. The van der Waals surface area contributed by atoms with Gasteiger partial charge in [0, 0.05) is 30.4 Å². The molecule has 1 aliphatic carbocycles.